The highest BCUT2D eigenvalue weighted by molar-refractivity contribution is 4.77. The van der Waals surface area contributed by atoms with Crippen LogP contribution in [0, 0.1) is 6.26 Å². The van der Waals surface area contributed by atoms with Crippen molar-refractivity contribution in [1.29, 1.82) is 0 Å². The van der Waals surface area contributed by atoms with Crippen LogP contribution in [0.4, 0.5) is 0 Å². The number of aromatic nitrogens is 1. The number of nitrogens with zero attached hydrogens (tertiary/aromatic N) is 1. The number of oxazole rings is 1. The maximum absolute atomic E-state index is 4.90. The van der Waals surface area contributed by atoms with E-state index in [0.29, 0.717) is 0 Å². The molecule has 9 heavy (non-hydrogen) atoms. The van der Waals surface area contributed by atoms with E-state index in [0.717, 1.165) is 18.7 Å². The summed E-state index contributed by atoms with van der Waals surface area (Å²) < 4.78 is 4.90. The molecule has 1 aromatic rings. The minimum absolute atomic E-state index is 0.803. The minimum Gasteiger partial charge on any atom is -0.437 e. The Morgan fingerprint density at radius 3 is 3.22 bits per heavy atom. The van der Waals surface area contributed by atoms with Crippen LogP contribution in [0.3, 0.4) is 0 Å². The zero-order valence-corrected chi connectivity index (χ0v) is 5.55. The Bertz CT molecular complexity index is 146. The molecule has 2 heteroatoms. The lowest BCUT2D eigenvalue weighted by molar-refractivity contribution is 0.479. The first-order valence-corrected chi connectivity index (χ1v) is 3.24. The molecule has 0 saturated heterocycles. The van der Waals surface area contributed by atoms with Gasteiger partial charge in [-0.05, 0) is 6.42 Å². The Balaban J connectivity index is 2.30. The average Bonchev–Trinajstić information content (AvgIpc) is 2.34. The van der Waals surface area contributed by atoms with E-state index in [1.54, 1.807) is 6.20 Å². The molecular formula is C7H10NO. The Morgan fingerprint density at radius 1 is 1.78 bits per heavy atom. The number of rotatable bonds is 3. The molecule has 0 atom stereocenters. The first-order valence-electron chi connectivity index (χ1n) is 3.24. The van der Waals surface area contributed by atoms with Crippen LogP contribution in [-0.2, 0) is 6.42 Å². The predicted molar refractivity (Wildman–Crippen MR) is 34.0 cm³/mol. The fraction of sp³-hybridized carbons (Fsp3) is 0.571. The van der Waals surface area contributed by atoms with E-state index in [9.17, 15) is 0 Å². The summed E-state index contributed by atoms with van der Waals surface area (Å²) in [5.74, 6) is 0.803. The Labute approximate surface area is 54.9 Å². The molecule has 1 radical (unpaired) electrons. The van der Waals surface area contributed by atoms with Gasteiger partial charge in [0.15, 0.2) is 12.2 Å². The number of hydrogen-bond donors (Lipinski definition) is 0. The van der Waals surface area contributed by atoms with E-state index in [2.05, 4.69) is 18.2 Å². The summed E-state index contributed by atoms with van der Waals surface area (Å²) in [5, 5.41) is 0. The molecule has 0 unspecified atom stereocenters. The topological polar surface area (TPSA) is 26.0 Å². The molecule has 1 heterocycles. The van der Waals surface area contributed by atoms with Gasteiger partial charge in [-0.25, -0.2) is 4.98 Å². The van der Waals surface area contributed by atoms with Crippen LogP contribution >= 0.6 is 0 Å². The van der Waals surface area contributed by atoms with E-state index in [1.807, 2.05) is 0 Å². The Kier molecular flexibility index (Phi) is 2.31. The smallest absolute Gasteiger partial charge is 0.195 e. The number of aryl methyl sites for hydroxylation is 1. The van der Waals surface area contributed by atoms with Crippen molar-refractivity contribution in [3.8, 4) is 0 Å². The van der Waals surface area contributed by atoms with Crippen LogP contribution in [0.25, 0.3) is 0 Å². The van der Waals surface area contributed by atoms with E-state index in [1.165, 1.54) is 6.42 Å². The van der Waals surface area contributed by atoms with E-state index in [-0.39, 0.29) is 0 Å². The lowest BCUT2D eigenvalue weighted by Gasteiger charge is -1.88. The molecule has 49 valence electrons. The zero-order valence-electron chi connectivity index (χ0n) is 5.55. The van der Waals surface area contributed by atoms with Crippen LogP contribution in [0.5, 0.6) is 0 Å². The minimum atomic E-state index is 0.803. The van der Waals surface area contributed by atoms with Crippen molar-refractivity contribution in [3.05, 3.63) is 18.4 Å². The van der Waals surface area contributed by atoms with Gasteiger partial charge in [0.1, 0.15) is 0 Å². The van der Waals surface area contributed by atoms with Gasteiger partial charge >= 0.3 is 0 Å². The summed E-state index contributed by atoms with van der Waals surface area (Å²) in [6.07, 6.45) is 7.39. The van der Waals surface area contributed by atoms with Crippen molar-refractivity contribution < 1.29 is 4.42 Å². The van der Waals surface area contributed by atoms with Gasteiger partial charge in [-0.1, -0.05) is 13.3 Å². The van der Waals surface area contributed by atoms with E-state index in [4.69, 9.17) is 4.42 Å². The SMILES string of the molecule is CCCCc1nc[c]o1. The predicted octanol–water partition coefficient (Wildman–Crippen LogP) is 1.82. The first-order chi connectivity index (χ1) is 4.43. The van der Waals surface area contributed by atoms with Crippen molar-refractivity contribution in [2.24, 2.45) is 0 Å². The van der Waals surface area contributed by atoms with Crippen LogP contribution < -0.4 is 0 Å². The third-order valence-corrected chi connectivity index (χ3v) is 1.18. The summed E-state index contributed by atoms with van der Waals surface area (Å²) in [6.45, 7) is 2.15. The third kappa shape index (κ3) is 1.88. The fourth-order valence-electron chi connectivity index (χ4n) is 0.663. The molecule has 0 spiro atoms. The molecule has 0 aliphatic heterocycles. The number of hydrogen-bond acceptors (Lipinski definition) is 2. The molecule has 2 nitrogen and oxygen atoms in total. The fourth-order valence-corrected chi connectivity index (χ4v) is 0.663. The van der Waals surface area contributed by atoms with E-state index >= 15 is 0 Å². The summed E-state index contributed by atoms with van der Waals surface area (Å²) in [7, 11) is 0. The second-order valence-corrected chi connectivity index (χ2v) is 1.98. The maximum atomic E-state index is 4.90. The Morgan fingerprint density at radius 2 is 2.67 bits per heavy atom. The van der Waals surface area contributed by atoms with Gasteiger partial charge < -0.3 is 4.42 Å². The number of unbranched alkanes of at least 4 members (excludes halogenated alkanes) is 1. The molecule has 0 fully saturated rings. The molecule has 0 aromatic carbocycles. The van der Waals surface area contributed by atoms with Gasteiger partial charge in [0.2, 0.25) is 0 Å². The van der Waals surface area contributed by atoms with Crippen molar-refractivity contribution in [2.45, 2.75) is 26.2 Å². The van der Waals surface area contributed by atoms with Crippen LogP contribution in [0.2, 0.25) is 0 Å². The van der Waals surface area contributed by atoms with Gasteiger partial charge in [-0.2, -0.15) is 0 Å². The normalized spacial score (nSPS) is 9.89. The van der Waals surface area contributed by atoms with Crippen LogP contribution in [-0.4, -0.2) is 4.98 Å². The van der Waals surface area contributed by atoms with Crippen molar-refractivity contribution in [2.75, 3.05) is 0 Å². The van der Waals surface area contributed by atoms with Gasteiger partial charge in [-0.3, -0.25) is 0 Å². The van der Waals surface area contributed by atoms with Gasteiger partial charge in [-0.15, -0.1) is 0 Å². The highest BCUT2D eigenvalue weighted by Gasteiger charge is 1.93. The van der Waals surface area contributed by atoms with Crippen molar-refractivity contribution in [1.82, 2.24) is 4.98 Å². The van der Waals surface area contributed by atoms with Gasteiger partial charge in [0, 0.05) is 6.42 Å². The lowest BCUT2D eigenvalue weighted by atomic mass is 10.2. The molecule has 0 bridgehead atoms. The molecule has 0 aliphatic carbocycles. The standard InChI is InChI=1S/C7H10NO/c1-2-3-4-7-8-5-6-9-7/h5H,2-4H2,1H3. The molecule has 0 saturated carbocycles. The summed E-state index contributed by atoms with van der Waals surface area (Å²) >= 11 is 0. The molecule has 0 aliphatic rings. The second-order valence-electron chi connectivity index (χ2n) is 1.98. The van der Waals surface area contributed by atoms with Crippen molar-refractivity contribution >= 4 is 0 Å². The third-order valence-electron chi connectivity index (χ3n) is 1.18. The molecular weight excluding hydrogens is 114 g/mol. The molecule has 0 amide bonds. The van der Waals surface area contributed by atoms with Crippen LogP contribution in [0.1, 0.15) is 25.7 Å². The van der Waals surface area contributed by atoms with Gasteiger partial charge in [0.05, 0.1) is 6.20 Å². The Hall–Kier alpha value is -0.790. The monoisotopic (exact) mass is 124 g/mol. The first kappa shape index (κ1) is 6.33. The summed E-state index contributed by atoms with van der Waals surface area (Å²) in [4.78, 5) is 3.93. The summed E-state index contributed by atoms with van der Waals surface area (Å²) in [6, 6.07) is 0. The van der Waals surface area contributed by atoms with Gasteiger partial charge in [0.25, 0.3) is 0 Å². The highest BCUT2D eigenvalue weighted by atomic mass is 16.3. The molecule has 0 N–H and O–H groups in total. The highest BCUT2D eigenvalue weighted by Crippen LogP contribution is 1.99. The largest absolute Gasteiger partial charge is 0.437 e. The quantitative estimate of drug-likeness (QED) is 0.614. The second kappa shape index (κ2) is 3.28. The molecule has 1 rings (SSSR count). The lowest BCUT2D eigenvalue weighted by Crippen LogP contribution is -1.81. The summed E-state index contributed by atoms with van der Waals surface area (Å²) in [5.41, 5.74) is 0. The van der Waals surface area contributed by atoms with Crippen molar-refractivity contribution in [3.63, 3.8) is 0 Å². The average molecular weight is 124 g/mol. The van der Waals surface area contributed by atoms with E-state index < -0.39 is 0 Å². The molecule has 1 aromatic heterocycles. The van der Waals surface area contributed by atoms with Crippen LogP contribution in [0.15, 0.2) is 10.6 Å². The zero-order chi connectivity index (χ0) is 6.53. The maximum Gasteiger partial charge on any atom is 0.195 e.